The second-order valence-corrected chi connectivity index (χ2v) is 4.68. The lowest BCUT2D eigenvalue weighted by molar-refractivity contribution is -0.124. The van der Waals surface area contributed by atoms with Crippen molar-refractivity contribution < 1.29 is 4.79 Å². The molecule has 1 amide bonds. The van der Waals surface area contributed by atoms with E-state index in [4.69, 9.17) is 5.26 Å². The number of carbonyl (C=O) groups is 1. The summed E-state index contributed by atoms with van der Waals surface area (Å²) in [5.74, 6) is -0.156. The SMILES string of the molecule is CCc1ccc(N(C)C(=O)C(C)(C#N)CC)cc1. The van der Waals surface area contributed by atoms with E-state index in [1.807, 2.05) is 31.2 Å². The maximum atomic E-state index is 12.3. The van der Waals surface area contributed by atoms with Crippen molar-refractivity contribution in [1.29, 1.82) is 5.26 Å². The van der Waals surface area contributed by atoms with Crippen LogP contribution in [0.25, 0.3) is 0 Å². The molecule has 0 aromatic heterocycles. The molecular formula is C15H20N2O. The van der Waals surface area contributed by atoms with Gasteiger partial charge < -0.3 is 4.90 Å². The zero-order chi connectivity index (χ0) is 13.8. The predicted molar refractivity (Wildman–Crippen MR) is 73.2 cm³/mol. The van der Waals surface area contributed by atoms with Crippen molar-refractivity contribution in [3.05, 3.63) is 29.8 Å². The van der Waals surface area contributed by atoms with Gasteiger partial charge in [-0.15, -0.1) is 0 Å². The third kappa shape index (κ3) is 2.70. The zero-order valence-electron chi connectivity index (χ0n) is 11.5. The molecule has 1 aromatic carbocycles. The Morgan fingerprint density at radius 2 is 1.89 bits per heavy atom. The Morgan fingerprint density at radius 3 is 2.28 bits per heavy atom. The molecule has 1 aromatic rings. The highest BCUT2D eigenvalue weighted by molar-refractivity contribution is 5.98. The highest BCUT2D eigenvalue weighted by Gasteiger charge is 2.34. The molecule has 0 N–H and O–H groups in total. The zero-order valence-corrected chi connectivity index (χ0v) is 11.5. The van der Waals surface area contributed by atoms with Crippen LogP contribution in [0.5, 0.6) is 0 Å². The Hall–Kier alpha value is -1.82. The molecule has 1 rings (SSSR count). The Balaban J connectivity index is 2.96. The highest BCUT2D eigenvalue weighted by Crippen LogP contribution is 2.25. The fraction of sp³-hybridized carbons (Fsp3) is 0.467. The minimum absolute atomic E-state index is 0.156. The average molecular weight is 244 g/mol. The third-order valence-electron chi connectivity index (χ3n) is 3.46. The maximum absolute atomic E-state index is 12.3. The van der Waals surface area contributed by atoms with Gasteiger partial charge in [0.25, 0.3) is 0 Å². The van der Waals surface area contributed by atoms with Crippen molar-refractivity contribution in [1.82, 2.24) is 0 Å². The third-order valence-corrected chi connectivity index (χ3v) is 3.46. The van der Waals surface area contributed by atoms with E-state index in [1.54, 1.807) is 18.9 Å². The number of carbonyl (C=O) groups excluding carboxylic acids is 1. The second kappa shape index (κ2) is 5.68. The van der Waals surface area contributed by atoms with Gasteiger partial charge in [0.1, 0.15) is 5.41 Å². The van der Waals surface area contributed by atoms with Crippen LogP contribution in [0.15, 0.2) is 24.3 Å². The molecule has 0 aliphatic heterocycles. The number of anilines is 1. The van der Waals surface area contributed by atoms with Crippen LogP contribution in [0.3, 0.4) is 0 Å². The van der Waals surface area contributed by atoms with Crippen LogP contribution in [-0.4, -0.2) is 13.0 Å². The van der Waals surface area contributed by atoms with E-state index in [9.17, 15) is 4.79 Å². The molecule has 0 radical (unpaired) electrons. The first kappa shape index (κ1) is 14.2. The summed E-state index contributed by atoms with van der Waals surface area (Å²) in [6.45, 7) is 5.63. The van der Waals surface area contributed by atoms with E-state index in [2.05, 4.69) is 13.0 Å². The van der Waals surface area contributed by atoms with E-state index in [0.717, 1.165) is 12.1 Å². The molecule has 3 nitrogen and oxygen atoms in total. The number of rotatable bonds is 4. The van der Waals surface area contributed by atoms with Gasteiger partial charge in [-0.05, 0) is 37.5 Å². The first-order valence-corrected chi connectivity index (χ1v) is 6.26. The quantitative estimate of drug-likeness (QED) is 0.816. The van der Waals surface area contributed by atoms with Crippen LogP contribution in [0.4, 0.5) is 5.69 Å². The lowest BCUT2D eigenvalue weighted by Crippen LogP contribution is -2.39. The Morgan fingerprint density at radius 1 is 1.33 bits per heavy atom. The van der Waals surface area contributed by atoms with Crippen LogP contribution >= 0.6 is 0 Å². The first-order chi connectivity index (χ1) is 8.48. The molecule has 0 aliphatic carbocycles. The molecule has 0 saturated carbocycles. The van der Waals surface area contributed by atoms with Gasteiger partial charge in [-0.3, -0.25) is 4.79 Å². The molecule has 0 aliphatic rings. The van der Waals surface area contributed by atoms with E-state index in [1.165, 1.54) is 5.56 Å². The number of hydrogen-bond acceptors (Lipinski definition) is 2. The van der Waals surface area contributed by atoms with Crippen LogP contribution in [0, 0.1) is 16.7 Å². The summed E-state index contributed by atoms with van der Waals surface area (Å²) in [4.78, 5) is 13.8. The van der Waals surface area contributed by atoms with Crippen LogP contribution in [-0.2, 0) is 11.2 Å². The maximum Gasteiger partial charge on any atom is 0.246 e. The monoisotopic (exact) mass is 244 g/mol. The topological polar surface area (TPSA) is 44.1 Å². The fourth-order valence-corrected chi connectivity index (χ4v) is 1.72. The van der Waals surface area contributed by atoms with Crippen LogP contribution < -0.4 is 4.90 Å². The minimum Gasteiger partial charge on any atom is -0.314 e. The van der Waals surface area contributed by atoms with Gasteiger partial charge >= 0.3 is 0 Å². The molecular weight excluding hydrogens is 224 g/mol. The van der Waals surface area contributed by atoms with Gasteiger partial charge in [0, 0.05) is 12.7 Å². The molecule has 3 heteroatoms. The number of aryl methyl sites for hydroxylation is 1. The van der Waals surface area contributed by atoms with Gasteiger partial charge in [0.2, 0.25) is 5.91 Å². The van der Waals surface area contributed by atoms with Gasteiger partial charge in [0.15, 0.2) is 0 Å². The lowest BCUT2D eigenvalue weighted by Gasteiger charge is -2.26. The van der Waals surface area contributed by atoms with Crippen molar-refractivity contribution in [3.63, 3.8) is 0 Å². The second-order valence-electron chi connectivity index (χ2n) is 4.68. The van der Waals surface area contributed by atoms with E-state index in [-0.39, 0.29) is 5.91 Å². The van der Waals surface area contributed by atoms with E-state index in [0.29, 0.717) is 6.42 Å². The first-order valence-electron chi connectivity index (χ1n) is 6.26. The molecule has 96 valence electrons. The predicted octanol–water partition coefficient (Wildman–Crippen LogP) is 3.15. The summed E-state index contributed by atoms with van der Waals surface area (Å²) in [6, 6.07) is 9.97. The number of benzene rings is 1. The summed E-state index contributed by atoms with van der Waals surface area (Å²) in [6.07, 6.45) is 1.49. The van der Waals surface area contributed by atoms with Gasteiger partial charge in [0.05, 0.1) is 6.07 Å². The largest absolute Gasteiger partial charge is 0.314 e. The number of amides is 1. The highest BCUT2D eigenvalue weighted by atomic mass is 16.2. The number of hydrogen-bond donors (Lipinski definition) is 0. The minimum atomic E-state index is -0.946. The van der Waals surface area contributed by atoms with E-state index >= 15 is 0 Å². The van der Waals surface area contributed by atoms with Gasteiger partial charge in [-0.2, -0.15) is 5.26 Å². The van der Waals surface area contributed by atoms with Crippen molar-refractivity contribution >= 4 is 11.6 Å². The molecule has 0 heterocycles. The summed E-state index contributed by atoms with van der Waals surface area (Å²) in [7, 11) is 1.72. The molecule has 0 fully saturated rings. The smallest absolute Gasteiger partial charge is 0.246 e. The standard InChI is InChI=1S/C15H20N2O/c1-5-12-7-9-13(10-8-12)17(4)14(18)15(3,6-2)11-16/h7-10H,5-6H2,1-4H3. The lowest BCUT2D eigenvalue weighted by atomic mass is 9.88. The van der Waals surface area contributed by atoms with Gasteiger partial charge in [-0.1, -0.05) is 26.0 Å². The Kier molecular flexibility index (Phi) is 4.49. The van der Waals surface area contributed by atoms with Crippen LogP contribution in [0.1, 0.15) is 32.8 Å². The summed E-state index contributed by atoms with van der Waals surface area (Å²) in [5, 5.41) is 9.14. The fourth-order valence-electron chi connectivity index (χ4n) is 1.72. The molecule has 0 spiro atoms. The summed E-state index contributed by atoms with van der Waals surface area (Å²) in [5.41, 5.74) is 1.11. The van der Waals surface area contributed by atoms with Gasteiger partial charge in [-0.25, -0.2) is 0 Å². The van der Waals surface area contributed by atoms with E-state index < -0.39 is 5.41 Å². The number of nitriles is 1. The molecule has 1 unspecified atom stereocenters. The molecule has 18 heavy (non-hydrogen) atoms. The van der Waals surface area contributed by atoms with Crippen LogP contribution in [0.2, 0.25) is 0 Å². The molecule has 0 saturated heterocycles. The Bertz CT molecular complexity index is 458. The van der Waals surface area contributed by atoms with Crippen molar-refractivity contribution in [2.45, 2.75) is 33.6 Å². The van der Waals surface area contributed by atoms with Crippen molar-refractivity contribution in [3.8, 4) is 6.07 Å². The molecule has 1 atom stereocenters. The summed E-state index contributed by atoms with van der Waals surface area (Å²) >= 11 is 0. The number of nitrogens with zero attached hydrogens (tertiary/aromatic N) is 2. The summed E-state index contributed by atoms with van der Waals surface area (Å²) < 4.78 is 0. The average Bonchev–Trinajstić information content (AvgIpc) is 2.44. The normalized spacial score (nSPS) is 13.5. The van der Waals surface area contributed by atoms with Crippen molar-refractivity contribution in [2.75, 3.05) is 11.9 Å². The Labute approximate surface area is 109 Å². The van der Waals surface area contributed by atoms with Crippen molar-refractivity contribution in [2.24, 2.45) is 5.41 Å². The molecule has 0 bridgehead atoms.